The van der Waals surface area contributed by atoms with Crippen molar-refractivity contribution >= 4 is 5.69 Å². The van der Waals surface area contributed by atoms with Crippen molar-refractivity contribution in [2.24, 2.45) is 0 Å². The van der Waals surface area contributed by atoms with Crippen molar-refractivity contribution < 1.29 is 19.1 Å². The predicted octanol–water partition coefficient (Wildman–Crippen LogP) is 1.63. The molecule has 1 aromatic rings. The fourth-order valence-corrected chi connectivity index (χ4v) is 1.15. The molecule has 0 aromatic heterocycles. The quantitative estimate of drug-likeness (QED) is 0.419. The summed E-state index contributed by atoms with van der Waals surface area (Å²) in [6.07, 6.45) is 0. The Morgan fingerprint density at radius 2 is 2.06 bits per heavy atom. The normalized spacial score (nSPS) is 9.88. The molecule has 0 unspecified atom stereocenters. The lowest BCUT2D eigenvalue weighted by molar-refractivity contribution is -0.385. The number of nitro benzene ring substituents is 1. The third kappa shape index (κ3) is 3.09. The van der Waals surface area contributed by atoms with Crippen molar-refractivity contribution in [1.29, 1.82) is 0 Å². The monoisotopic (exact) mass is 227 g/mol. The molecule has 0 aliphatic rings. The summed E-state index contributed by atoms with van der Waals surface area (Å²) in [4.78, 5) is 10.2. The molecule has 0 radical (unpaired) electrons. The molecular weight excluding hydrogens is 214 g/mol. The van der Waals surface area contributed by atoms with Crippen LogP contribution >= 0.6 is 0 Å². The van der Waals surface area contributed by atoms with Gasteiger partial charge < -0.3 is 14.2 Å². The molecule has 0 saturated carbocycles. The molecule has 0 fully saturated rings. The second kappa shape index (κ2) is 5.92. The zero-order chi connectivity index (χ0) is 12.0. The molecule has 6 heteroatoms. The van der Waals surface area contributed by atoms with Crippen LogP contribution in [0.5, 0.6) is 11.5 Å². The molecule has 0 amide bonds. The number of methoxy groups -OCH3 is 2. The van der Waals surface area contributed by atoms with E-state index in [-0.39, 0.29) is 11.4 Å². The number of nitrogens with zero attached hydrogens (tertiary/aromatic N) is 1. The molecular formula is C10H13NO5. The molecule has 0 atom stereocenters. The summed E-state index contributed by atoms with van der Waals surface area (Å²) >= 11 is 0. The van der Waals surface area contributed by atoms with Gasteiger partial charge in [0.15, 0.2) is 5.75 Å². The Labute approximate surface area is 92.9 Å². The standard InChI is InChI=1S/C10H13NO5/c1-14-5-6-16-8-3-4-10(15-2)9(7-8)11(12)13/h3-4,7H,5-6H2,1-2H3. The number of benzene rings is 1. The number of ether oxygens (including phenoxy) is 3. The minimum Gasteiger partial charge on any atom is -0.491 e. The molecule has 0 aliphatic carbocycles. The highest BCUT2D eigenvalue weighted by Crippen LogP contribution is 2.30. The maximum absolute atomic E-state index is 10.7. The van der Waals surface area contributed by atoms with Crippen LogP contribution in [0, 0.1) is 10.1 Å². The van der Waals surface area contributed by atoms with E-state index in [0.717, 1.165) is 0 Å². The zero-order valence-electron chi connectivity index (χ0n) is 9.13. The minimum absolute atomic E-state index is 0.114. The Balaban J connectivity index is 2.81. The lowest BCUT2D eigenvalue weighted by atomic mass is 10.3. The van der Waals surface area contributed by atoms with Gasteiger partial charge in [0.05, 0.1) is 24.7 Å². The fourth-order valence-electron chi connectivity index (χ4n) is 1.15. The molecule has 0 bridgehead atoms. The van der Waals surface area contributed by atoms with Crippen LogP contribution in [0.2, 0.25) is 0 Å². The Bertz CT molecular complexity index is 366. The first-order valence-electron chi connectivity index (χ1n) is 4.63. The third-order valence-corrected chi connectivity index (χ3v) is 1.90. The maximum atomic E-state index is 10.7. The van der Waals surface area contributed by atoms with Gasteiger partial charge in [-0.2, -0.15) is 0 Å². The summed E-state index contributed by atoms with van der Waals surface area (Å²) in [6, 6.07) is 4.44. The number of rotatable bonds is 6. The number of hydrogen-bond acceptors (Lipinski definition) is 5. The van der Waals surface area contributed by atoms with Crippen LogP contribution < -0.4 is 9.47 Å². The van der Waals surface area contributed by atoms with E-state index < -0.39 is 4.92 Å². The van der Waals surface area contributed by atoms with E-state index in [4.69, 9.17) is 14.2 Å². The van der Waals surface area contributed by atoms with Gasteiger partial charge in [-0.05, 0) is 12.1 Å². The van der Waals surface area contributed by atoms with Crippen LogP contribution in [0.3, 0.4) is 0 Å². The maximum Gasteiger partial charge on any atom is 0.314 e. The van der Waals surface area contributed by atoms with Crippen LogP contribution in [0.1, 0.15) is 0 Å². The van der Waals surface area contributed by atoms with Crippen molar-refractivity contribution in [2.45, 2.75) is 0 Å². The van der Waals surface area contributed by atoms with Crippen molar-refractivity contribution in [3.05, 3.63) is 28.3 Å². The van der Waals surface area contributed by atoms with Gasteiger partial charge in [0.25, 0.3) is 0 Å². The Morgan fingerprint density at radius 3 is 2.62 bits per heavy atom. The molecule has 1 rings (SSSR count). The van der Waals surface area contributed by atoms with Crippen molar-refractivity contribution in [2.75, 3.05) is 27.4 Å². The van der Waals surface area contributed by atoms with E-state index in [2.05, 4.69) is 0 Å². The first-order valence-corrected chi connectivity index (χ1v) is 4.63. The first kappa shape index (κ1) is 12.3. The van der Waals surface area contributed by atoms with E-state index in [9.17, 15) is 10.1 Å². The Morgan fingerprint density at radius 1 is 1.31 bits per heavy atom. The highest BCUT2D eigenvalue weighted by atomic mass is 16.6. The van der Waals surface area contributed by atoms with Gasteiger partial charge in [-0.25, -0.2) is 0 Å². The van der Waals surface area contributed by atoms with E-state index in [1.54, 1.807) is 13.2 Å². The van der Waals surface area contributed by atoms with Gasteiger partial charge in [0, 0.05) is 7.11 Å². The molecule has 16 heavy (non-hydrogen) atoms. The third-order valence-electron chi connectivity index (χ3n) is 1.90. The van der Waals surface area contributed by atoms with E-state index in [0.29, 0.717) is 19.0 Å². The van der Waals surface area contributed by atoms with Gasteiger partial charge in [0.1, 0.15) is 12.4 Å². The molecule has 0 N–H and O–H groups in total. The zero-order valence-corrected chi connectivity index (χ0v) is 9.13. The van der Waals surface area contributed by atoms with E-state index >= 15 is 0 Å². The lowest BCUT2D eigenvalue weighted by Gasteiger charge is -2.06. The smallest absolute Gasteiger partial charge is 0.314 e. The highest BCUT2D eigenvalue weighted by molar-refractivity contribution is 5.50. The summed E-state index contributed by atoms with van der Waals surface area (Å²) in [7, 11) is 2.94. The van der Waals surface area contributed by atoms with Crippen LogP contribution in [-0.2, 0) is 4.74 Å². The van der Waals surface area contributed by atoms with Crippen molar-refractivity contribution in [3.8, 4) is 11.5 Å². The molecule has 6 nitrogen and oxygen atoms in total. The largest absolute Gasteiger partial charge is 0.491 e. The van der Waals surface area contributed by atoms with E-state index in [1.807, 2.05) is 0 Å². The summed E-state index contributed by atoms with van der Waals surface area (Å²) in [5.74, 6) is 0.633. The average Bonchev–Trinajstić information content (AvgIpc) is 2.29. The Kier molecular flexibility index (Phi) is 4.53. The summed E-state index contributed by atoms with van der Waals surface area (Å²) < 4.78 is 14.9. The van der Waals surface area contributed by atoms with Crippen LogP contribution in [0.15, 0.2) is 18.2 Å². The molecule has 0 heterocycles. The van der Waals surface area contributed by atoms with Gasteiger partial charge >= 0.3 is 5.69 Å². The molecule has 88 valence electrons. The lowest BCUT2D eigenvalue weighted by Crippen LogP contribution is -2.04. The number of hydrogen-bond donors (Lipinski definition) is 0. The summed E-state index contributed by atoms with van der Waals surface area (Å²) in [6.45, 7) is 0.778. The summed E-state index contributed by atoms with van der Waals surface area (Å²) in [5, 5.41) is 10.7. The second-order valence-corrected chi connectivity index (χ2v) is 2.93. The molecule has 0 aliphatic heterocycles. The Hall–Kier alpha value is -1.82. The van der Waals surface area contributed by atoms with Gasteiger partial charge in [-0.3, -0.25) is 10.1 Å². The molecule has 1 aromatic carbocycles. The topological polar surface area (TPSA) is 70.8 Å². The van der Waals surface area contributed by atoms with Crippen molar-refractivity contribution in [3.63, 3.8) is 0 Å². The van der Waals surface area contributed by atoms with Crippen molar-refractivity contribution in [1.82, 2.24) is 0 Å². The highest BCUT2D eigenvalue weighted by Gasteiger charge is 2.15. The van der Waals surface area contributed by atoms with Gasteiger partial charge in [0.2, 0.25) is 0 Å². The second-order valence-electron chi connectivity index (χ2n) is 2.93. The average molecular weight is 227 g/mol. The SMILES string of the molecule is COCCOc1ccc(OC)c([N+](=O)[O-])c1. The van der Waals surface area contributed by atoms with E-state index in [1.165, 1.54) is 19.2 Å². The van der Waals surface area contributed by atoms with Crippen LogP contribution in [-0.4, -0.2) is 32.4 Å². The predicted molar refractivity (Wildman–Crippen MR) is 57.0 cm³/mol. The minimum atomic E-state index is -0.512. The van der Waals surface area contributed by atoms with Gasteiger partial charge in [-0.1, -0.05) is 0 Å². The van der Waals surface area contributed by atoms with Gasteiger partial charge in [-0.15, -0.1) is 0 Å². The fraction of sp³-hybridized carbons (Fsp3) is 0.400. The summed E-state index contributed by atoms with van der Waals surface area (Å²) in [5.41, 5.74) is -0.114. The number of nitro groups is 1. The molecule has 0 saturated heterocycles. The van der Waals surface area contributed by atoms with Crippen LogP contribution in [0.4, 0.5) is 5.69 Å². The molecule has 0 spiro atoms. The van der Waals surface area contributed by atoms with Crippen LogP contribution in [0.25, 0.3) is 0 Å². The first-order chi connectivity index (χ1) is 7.69.